The van der Waals surface area contributed by atoms with Crippen molar-refractivity contribution in [1.82, 2.24) is 29.5 Å². The van der Waals surface area contributed by atoms with Gasteiger partial charge in [-0.15, -0.1) is 0 Å². The monoisotopic (exact) mass is 1100 g/mol. The summed E-state index contributed by atoms with van der Waals surface area (Å²) in [4.78, 5) is 43.8. The number of anilines is 2. The van der Waals surface area contributed by atoms with E-state index in [1.165, 1.54) is 35.9 Å². The van der Waals surface area contributed by atoms with Gasteiger partial charge in [-0.25, -0.2) is 22.5 Å². The quantitative estimate of drug-likeness (QED) is 0.0491. The second-order valence-corrected chi connectivity index (χ2v) is 24.3. The number of nitrogens with one attached hydrogen (secondary N) is 3. The number of ether oxygens (including phenoxy) is 3. The number of H-pyrrole nitrogens is 1. The number of rotatable bonds is 17. The number of hydrogen-bond acceptors (Lipinski definition) is 16. The summed E-state index contributed by atoms with van der Waals surface area (Å²) in [6.07, 6.45) is 5.69. The molecule has 3 aliphatic heterocycles. The molecule has 416 valence electrons. The van der Waals surface area contributed by atoms with Gasteiger partial charge in [-0.05, 0) is 98.7 Å². The smallest absolute Gasteiger partial charge is 0.312 e. The third-order valence-corrected chi connectivity index (χ3v) is 17.9. The highest BCUT2D eigenvalue weighted by Crippen LogP contribution is 2.48. The number of piperidine rings is 1. The van der Waals surface area contributed by atoms with Crippen LogP contribution in [0.25, 0.3) is 22.0 Å². The Hall–Kier alpha value is -7.33. The molecule has 4 N–H and O–H groups in total. The van der Waals surface area contributed by atoms with Gasteiger partial charge in [0.1, 0.15) is 27.9 Å². The number of aromatic nitrogens is 3. The van der Waals surface area contributed by atoms with Gasteiger partial charge in [-0.3, -0.25) is 24.7 Å². The first-order valence-electron chi connectivity index (χ1n) is 26.9. The lowest BCUT2D eigenvalue weighted by Crippen LogP contribution is -2.74. The predicted molar refractivity (Wildman–Crippen MR) is 296 cm³/mol. The standard InChI is InChI=1S/C58H66FN9O10S/c1-34(2)40-9-7-8-10-41(40)45-29-65(28-37-11-14-49(75-5)52-43(37)21-35(3)77-52)20-17-47(45)67-32-58(33-67)30-66(31-58)38-12-13-42(50(22-38)78-51-24-44-46(59)27-62-53(44)63-56(51)76-6)55(69)64-79(73,74)39-23-48(68(71)72)54(61-26-39)60-25-36-15-18-57(4,70)19-16-36/h7-14,21-24,26-27,34,36,45,47,70H,15-20,25,28-33H2,1-6H3,(H,60,61)(H,62,63)(H,64,69). The van der Waals surface area contributed by atoms with E-state index in [4.69, 9.17) is 18.6 Å². The zero-order valence-electron chi connectivity index (χ0n) is 45.2. The second kappa shape index (κ2) is 21.0. The molecule has 11 rings (SSSR count). The number of aryl methyl sites for hydroxylation is 1. The molecule has 4 aromatic heterocycles. The molecule has 4 fully saturated rings. The molecule has 1 saturated carbocycles. The fourth-order valence-electron chi connectivity index (χ4n) is 12.4. The van der Waals surface area contributed by atoms with Crippen LogP contribution in [0.3, 0.4) is 0 Å². The van der Waals surface area contributed by atoms with Gasteiger partial charge in [-0.2, -0.15) is 4.98 Å². The lowest BCUT2D eigenvalue weighted by Gasteiger charge is -2.64. The third kappa shape index (κ3) is 10.7. The van der Waals surface area contributed by atoms with Gasteiger partial charge >= 0.3 is 5.69 Å². The number of likely N-dealkylation sites (tertiary alicyclic amines) is 2. The molecular formula is C58H66FN9O10S. The van der Waals surface area contributed by atoms with Gasteiger partial charge in [0.2, 0.25) is 5.82 Å². The highest BCUT2D eigenvalue weighted by atomic mass is 32.2. The number of benzene rings is 3. The average Bonchev–Trinajstić information content (AvgIpc) is 4.18. The first kappa shape index (κ1) is 53.7. The molecule has 7 aromatic rings. The molecule has 21 heteroatoms. The third-order valence-electron chi connectivity index (χ3n) is 16.6. The van der Waals surface area contributed by atoms with Crippen LogP contribution in [0.4, 0.5) is 21.6 Å². The van der Waals surface area contributed by atoms with Crippen molar-refractivity contribution in [2.24, 2.45) is 11.3 Å². The summed E-state index contributed by atoms with van der Waals surface area (Å²) in [5.74, 6) is 0.391. The summed E-state index contributed by atoms with van der Waals surface area (Å²) in [6.45, 7) is 14.5. The molecule has 0 radical (unpaired) electrons. The number of methoxy groups -OCH3 is 2. The predicted octanol–water partition coefficient (Wildman–Crippen LogP) is 9.64. The van der Waals surface area contributed by atoms with Crippen molar-refractivity contribution in [3.63, 3.8) is 0 Å². The number of aromatic amines is 1. The van der Waals surface area contributed by atoms with E-state index < -0.39 is 42.9 Å². The van der Waals surface area contributed by atoms with Crippen LogP contribution in [-0.4, -0.2) is 121 Å². The van der Waals surface area contributed by atoms with Gasteiger partial charge in [0.05, 0.1) is 41.9 Å². The van der Waals surface area contributed by atoms with Crippen molar-refractivity contribution >= 4 is 55.1 Å². The van der Waals surface area contributed by atoms with Crippen molar-refractivity contribution in [3.8, 4) is 23.1 Å². The summed E-state index contributed by atoms with van der Waals surface area (Å²) in [5, 5.41) is 26.8. The number of nitro groups is 1. The van der Waals surface area contributed by atoms with Crippen molar-refractivity contribution < 1.29 is 46.3 Å². The van der Waals surface area contributed by atoms with Crippen molar-refractivity contribution in [3.05, 3.63) is 129 Å². The molecule has 3 aromatic carbocycles. The molecule has 0 bridgehead atoms. The number of nitrogens with zero attached hydrogens (tertiary/aromatic N) is 6. The first-order valence-corrected chi connectivity index (χ1v) is 28.4. The Labute approximate surface area is 457 Å². The molecule has 3 saturated heterocycles. The van der Waals surface area contributed by atoms with Gasteiger partial charge in [0.25, 0.3) is 21.8 Å². The molecule has 1 aliphatic carbocycles. The second-order valence-electron chi connectivity index (χ2n) is 22.6. The number of amides is 1. The number of pyridine rings is 2. The van der Waals surface area contributed by atoms with Gasteiger partial charge in [0.15, 0.2) is 17.1 Å². The van der Waals surface area contributed by atoms with Crippen LogP contribution in [-0.2, 0) is 16.6 Å². The van der Waals surface area contributed by atoms with Crippen LogP contribution in [0.5, 0.6) is 23.1 Å². The zero-order valence-corrected chi connectivity index (χ0v) is 46.0. The number of hydrogen-bond donors (Lipinski definition) is 4. The van der Waals surface area contributed by atoms with E-state index in [1.807, 2.05) is 13.0 Å². The number of fused-ring (bicyclic) bond motifs is 2. The van der Waals surface area contributed by atoms with E-state index in [9.17, 15) is 32.8 Å². The van der Waals surface area contributed by atoms with E-state index in [2.05, 4.69) is 89.9 Å². The van der Waals surface area contributed by atoms with E-state index in [0.717, 1.165) is 93.2 Å². The first-order chi connectivity index (χ1) is 37.8. The fraction of sp³-hybridized carbons (Fsp3) is 0.431. The lowest BCUT2D eigenvalue weighted by atomic mass is 9.69. The highest BCUT2D eigenvalue weighted by molar-refractivity contribution is 7.90. The number of carbonyl (C=O) groups excluding carboxylic acids is 1. The minimum Gasteiger partial charge on any atom is -0.493 e. The summed E-state index contributed by atoms with van der Waals surface area (Å²) in [5.41, 5.74) is 4.13. The maximum Gasteiger partial charge on any atom is 0.312 e. The van der Waals surface area contributed by atoms with Gasteiger partial charge < -0.3 is 38.9 Å². The van der Waals surface area contributed by atoms with Crippen LogP contribution >= 0.6 is 0 Å². The molecule has 4 aliphatic rings. The van der Waals surface area contributed by atoms with E-state index in [1.54, 1.807) is 26.2 Å². The molecule has 19 nitrogen and oxygen atoms in total. The molecule has 1 amide bonds. The zero-order chi connectivity index (χ0) is 55.5. The Morgan fingerprint density at radius 1 is 0.987 bits per heavy atom. The number of carbonyl (C=O) groups is 1. The summed E-state index contributed by atoms with van der Waals surface area (Å²) >= 11 is 0. The Morgan fingerprint density at radius 2 is 1.76 bits per heavy atom. The maximum absolute atomic E-state index is 14.9. The number of furan rings is 1. The van der Waals surface area contributed by atoms with Crippen LogP contribution < -0.4 is 29.1 Å². The van der Waals surface area contributed by atoms with E-state index >= 15 is 0 Å². The molecule has 2 atom stereocenters. The van der Waals surface area contributed by atoms with Gasteiger partial charge in [0, 0.05) is 105 Å². The molecular weight excluding hydrogens is 1030 g/mol. The van der Waals surface area contributed by atoms with Crippen molar-refractivity contribution in [2.45, 2.75) is 94.7 Å². The molecule has 7 heterocycles. The Balaban J connectivity index is 0.816. The number of aliphatic hydroxyl groups is 1. The average molecular weight is 1100 g/mol. The van der Waals surface area contributed by atoms with Crippen LogP contribution in [0.1, 0.15) is 97.5 Å². The topological polar surface area (TPSA) is 231 Å². The Bertz CT molecular complexity index is 3580. The SMILES string of the molecule is COc1nc2[nH]cc(F)c2cc1Oc1cc(N2CC3(C2)CN(C2CCN(Cc4ccc(OC)c5oc(C)cc45)CC2c2ccccc2C(C)C)C3)ccc1C(=O)NS(=O)(=O)c1cnc(NCC2CCC(C)(O)CC2)c([N+](=O)[O-])c1. The maximum atomic E-state index is 14.9. The normalized spacial score (nSPS) is 21.5. The largest absolute Gasteiger partial charge is 0.493 e. The van der Waals surface area contributed by atoms with Crippen molar-refractivity contribution in [2.75, 3.05) is 70.2 Å². The summed E-state index contributed by atoms with van der Waals surface area (Å²) in [6, 6.07) is 22.5. The highest BCUT2D eigenvalue weighted by Gasteiger charge is 2.55. The van der Waals surface area contributed by atoms with Crippen LogP contribution in [0, 0.1) is 34.2 Å². The summed E-state index contributed by atoms with van der Waals surface area (Å²) < 4.78 is 68.4. The Morgan fingerprint density at radius 3 is 2.49 bits per heavy atom. The number of halogens is 1. The lowest BCUT2D eigenvalue weighted by molar-refractivity contribution is -0.384. The molecule has 1 spiro atoms. The number of sulfonamides is 1. The van der Waals surface area contributed by atoms with Gasteiger partial charge in [-0.1, -0.05) is 44.2 Å². The minimum atomic E-state index is -4.75. The van der Waals surface area contributed by atoms with Crippen LogP contribution in [0.2, 0.25) is 0 Å². The van der Waals surface area contributed by atoms with Crippen molar-refractivity contribution in [1.29, 1.82) is 0 Å². The Kier molecular flexibility index (Phi) is 14.3. The van der Waals surface area contributed by atoms with Crippen LogP contribution in [0.15, 0.2) is 94.5 Å². The molecule has 79 heavy (non-hydrogen) atoms. The minimum absolute atomic E-state index is 0.0157. The fourth-order valence-corrected chi connectivity index (χ4v) is 13.3. The molecule has 2 unspecified atom stereocenters. The summed E-state index contributed by atoms with van der Waals surface area (Å²) in [7, 11) is -1.72. The van der Waals surface area contributed by atoms with E-state index in [-0.39, 0.29) is 57.0 Å². The van der Waals surface area contributed by atoms with E-state index in [0.29, 0.717) is 49.9 Å².